The third-order valence-electron chi connectivity index (χ3n) is 5.72. The third kappa shape index (κ3) is 3.78. The Morgan fingerprint density at radius 2 is 2.04 bits per heavy atom. The van der Waals surface area contributed by atoms with E-state index < -0.39 is 23.7 Å². The largest absolute Gasteiger partial charge is 0.392 e. The summed E-state index contributed by atoms with van der Waals surface area (Å²) in [6.07, 6.45) is 5.38. The van der Waals surface area contributed by atoms with E-state index >= 15 is 0 Å². The molecule has 0 spiro atoms. The van der Waals surface area contributed by atoms with Gasteiger partial charge in [0.25, 0.3) is 0 Å². The van der Waals surface area contributed by atoms with Crippen LogP contribution in [0.2, 0.25) is 0 Å². The summed E-state index contributed by atoms with van der Waals surface area (Å²) in [4.78, 5) is 0. The van der Waals surface area contributed by atoms with Gasteiger partial charge in [0.05, 0.1) is 17.8 Å². The van der Waals surface area contributed by atoms with Crippen LogP contribution in [0.25, 0.3) is 0 Å². The van der Waals surface area contributed by atoms with Crippen molar-refractivity contribution in [1.82, 2.24) is 0 Å². The highest BCUT2D eigenvalue weighted by atomic mass is 16.3. The van der Waals surface area contributed by atoms with Gasteiger partial charge in [0.15, 0.2) is 0 Å². The molecule has 0 aliphatic heterocycles. The van der Waals surface area contributed by atoms with Gasteiger partial charge in [-0.2, -0.15) is 0 Å². The lowest BCUT2D eigenvalue weighted by Crippen LogP contribution is -2.50. The maximum Gasteiger partial charge on any atom is 0.0700 e. The molecule has 0 amide bonds. The lowest BCUT2D eigenvalue weighted by Gasteiger charge is -2.40. The summed E-state index contributed by atoms with van der Waals surface area (Å²) in [5, 5.41) is 32.7. The van der Waals surface area contributed by atoms with Crippen molar-refractivity contribution in [2.75, 3.05) is 0 Å². The quantitative estimate of drug-likeness (QED) is 0.696. The second-order valence-corrected chi connectivity index (χ2v) is 7.94. The van der Waals surface area contributed by atoms with Crippen molar-refractivity contribution < 1.29 is 15.3 Å². The van der Waals surface area contributed by atoms with Crippen molar-refractivity contribution in [3.05, 3.63) is 35.5 Å². The molecule has 0 heterocycles. The van der Waals surface area contributed by atoms with Crippen LogP contribution in [0.15, 0.2) is 35.5 Å². The van der Waals surface area contributed by atoms with E-state index in [1.165, 1.54) is 5.57 Å². The molecule has 1 saturated carbocycles. The number of allylic oxidation sites excluding steroid dienone is 3. The molecule has 2 rings (SSSR count). The van der Waals surface area contributed by atoms with Gasteiger partial charge in [-0.1, -0.05) is 35.5 Å². The summed E-state index contributed by atoms with van der Waals surface area (Å²) in [6, 6.07) is 0. The highest BCUT2D eigenvalue weighted by molar-refractivity contribution is 5.26. The number of fused-ring (bicyclic) bond motifs is 1. The minimum Gasteiger partial charge on any atom is -0.392 e. The molecule has 0 aromatic heterocycles. The number of rotatable bonds is 4. The van der Waals surface area contributed by atoms with Gasteiger partial charge in [0, 0.05) is 11.8 Å². The topological polar surface area (TPSA) is 60.7 Å². The number of aliphatic hydroxyl groups is 3. The van der Waals surface area contributed by atoms with Gasteiger partial charge >= 0.3 is 0 Å². The van der Waals surface area contributed by atoms with Gasteiger partial charge in [-0.3, -0.25) is 0 Å². The van der Waals surface area contributed by atoms with E-state index in [2.05, 4.69) is 18.7 Å². The first-order valence-corrected chi connectivity index (χ1v) is 8.71. The van der Waals surface area contributed by atoms with Crippen molar-refractivity contribution in [3.63, 3.8) is 0 Å². The van der Waals surface area contributed by atoms with Crippen LogP contribution in [0, 0.1) is 17.8 Å². The van der Waals surface area contributed by atoms with Crippen LogP contribution in [0.1, 0.15) is 53.4 Å². The molecule has 3 heteroatoms. The molecule has 0 aromatic carbocycles. The minimum absolute atomic E-state index is 0.0282. The monoisotopic (exact) mass is 320 g/mol. The average molecular weight is 320 g/mol. The fraction of sp³-hybridized carbons (Fsp3) is 0.700. The van der Waals surface area contributed by atoms with Crippen LogP contribution in [-0.4, -0.2) is 33.1 Å². The molecule has 0 bridgehead atoms. The minimum atomic E-state index is -1.11. The Balaban J connectivity index is 2.26. The summed E-state index contributed by atoms with van der Waals surface area (Å²) in [7, 11) is 0. The van der Waals surface area contributed by atoms with Gasteiger partial charge in [-0.05, 0) is 59.3 Å². The first-order chi connectivity index (χ1) is 10.6. The fourth-order valence-corrected chi connectivity index (χ4v) is 4.44. The van der Waals surface area contributed by atoms with Crippen LogP contribution < -0.4 is 0 Å². The van der Waals surface area contributed by atoms with E-state index in [1.54, 1.807) is 6.92 Å². The van der Waals surface area contributed by atoms with Gasteiger partial charge in [0.2, 0.25) is 0 Å². The van der Waals surface area contributed by atoms with E-state index in [0.29, 0.717) is 12.8 Å². The maximum absolute atomic E-state index is 11.0. The zero-order chi connectivity index (χ0) is 17.4. The van der Waals surface area contributed by atoms with Gasteiger partial charge in [-0.25, -0.2) is 0 Å². The van der Waals surface area contributed by atoms with E-state index in [1.807, 2.05) is 20.8 Å². The lowest BCUT2D eigenvalue weighted by atomic mass is 9.73. The molecule has 3 nitrogen and oxygen atoms in total. The molecule has 0 aromatic rings. The first-order valence-electron chi connectivity index (χ1n) is 8.71. The van der Waals surface area contributed by atoms with Crippen LogP contribution >= 0.6 is 0 Å². The van der Waals surface area contributed by atoms with Gasteiger partial charge in [0.1, 0.15) is 0 Å². The Hall–Kier alpha value is -0.900. The van der Waals surface area contributed by atoms with Crippen molar-refractivity contribution in [2.24, 2.45) is 17.8 Å². The van der Waals surface area contributed by atoms with E-state index in [9.17, 15) is 15.3 Å². The van der Waals surface area contributed by atoms with Crippen LogP contribution in [0.3, 0.4) is 0 Å². The predicted molar refractivity (Wildman–Crippen MR) is 93.9 cm³/mol. The summed E-state index contributed by atoms with van der Waals surface area (Å²) in [5.74, 6) is -0.390. The Kier molecular flexibility index (Phi) is 5.55. The standard InChI is InChI=1S/C20H32O3/c1-12(2)7-6-10-20(5,23)18-16(21)11-14(4)15-9-8-13(3)17(15)19(18)22/h7-8,15-19,21-23H,4,6,9-11H2,1-3,5H3/t15-,16+,17+,18+,19-,20+/m0/s1. The van der Waals surface area contributed by atoms with Crippen LogP contribution in [0.5, 0.6) is 0 Å². The molecule has 23 heavy (non-hydrogen) atoms. The summed E-state index contributed by atoms with van der Waals surface area (Å²) in [6.45, 7) is 12.0. The molecule has 0 saturated heterocycles. The smallest absolute Gasteiger partial charge is 0.0700 e. The predicted octanol–water partition coefficient (Wildman–Crippen LogP) is 3.36. The zero-order valence-corrected chi connectivity index (χ0v) is 14.9. The Morgan fingerprint density at radius 1 is 1.39 bits per heavy atom. The molecule has 6 atom stereocenters. The molecule has 130 valence electrons. The maximum atomic E-state index is 11.0. The van der Waals surface area contributed by atoms with Crippen molar-refractivity contribution in [1.29, 1.82) is 0 Å². The first kappa shape index (κ1) is 18.4. The summed E-state index contributed by atoms with van der Waals surface area (Å²) in [5.41, 5.74) is 2.26. The van der Waals surface area contributed by atoms with Crippen molar-refractivity contribution in [2.45, 2.75) is 71.2 Å². The zero-order valence-electron chi connectivity index (χ0n) is 14.9. The molecular formula is C20H32O3. The van der Waals surface area contributed by atoms with Crippen LogP contribution in [-0.2, 0) is 0 Å². The Bertz CT molecular complexity index is 511. The fourth-order valence-electron chi connectivity index (χ4n) is 4.44. The molecule has 0 unspecified atom stereocenters. The molecular weight excluding hydrogens is 288 g/mol. The average Bonchev–Trinajstić information content (AvgIpc) is 2.74. The highest BCUT2D eigenvalue weighted by Gasteiger charge is 2.50. The number of hydrogen-bond donors (Lipinski definition) is 3. The molecule has 0 radical (unpaired) electrons. The number of aliphatic hydroxyl groups excluding tert-OH is 2. The highest BCUT2D eigenvalue weighted by Crippen LogP contribution is 2.48. The van der Waals surface area contributed by atoms with Crippen molar-refractivity contribution >= 4 is 0 Å². The van der Waals surface area contributed by atoms with Crippen molar-refractivity contribution in [3.8, 4) is 0 Å². The summed E-state index contributed by atoms with van der Waals surface area (Å²) >= 11 is 0. The number of hydrogen-bond acceptors (Lipinski definition) is 3. The van der Waals surface area contributed by atoms with E-state index in [0.717, 1.165) is 24.0 Å². The second kappa shape index (κ2) is 6.92. The molecule has 2 aliphatic rings. The Labute approximate surface area is 140 Å². The molecule has 1 fully saturated rings. The Morgan fingerprint density at radius 3 is 2.65 bits per heavy atom. The van der Waals surface area contributed by atoms with E-state index in [4.69, 9.17) is 0 Å². The second-order valence-electron chi connectivity index (χ2n) is 7.94. The normalized spacial score (nSPS) is 36.7. The SMILES string of the molecule is C=C1C[C@@H](O)[C@@H]([C@](C)(O)CCC=C(C)C)[C@@H](O)[C@@H]2C(C)=CC[C@@H]12. The van der Waals surface area contributed by atoms with Gasteiger partial charge in [-0.15, -0.1) is 0 Å². The molecule has 3 N–H and O–H groups in total. The van der Waals surface area contributed by atoms with Crippen LogP contribution in [0.4, 0.5) is 0 Å². The van der Waals surface area contributed by atoms with Gasteiger partial charge < -0.3 is 15.3 Å². The molecule has 2 aliphatic carbocycles. The lowest BCUT2D eigenvalue weighted by molar-refractivity contribution is -0.121. The third-order valence-corrected chi connectivity index (χ3v) is 5.72. The van der Waals surface area contributed by atoms with E-state index in [-0.39, 0.29) is 11.8 Å². The summed E-state index contributed by atoms with van der Waals surface area (Å²) < 4.78 is 0.